The van der Waals surface area contributed by atoms with Crippen molar-refractivity contribution in [2.24, 2.45) is 0 Å². The van der Waals surface area contributed by atoms with Crippen LogP contribution in [-0.2, 0) is 33.2 Å². The highest BCUT2D eigenvalue weighted by Crippen LogP contribution is 2.33. The Morgan fingerprint density at radius 3 is 1.38 bits per heavy atom. The highest BCUT2D eigenvalue weighted by molar-refractivity contribution is 5.76. The third kappa shape index (κ3) is 26.0. The van der Waals surface area contributed by atoms with Crippen molar-refractivity contribution >= 4 is 5.91 Å². The maximum absolute atomic E-state index is 13.3. The van der Waals surface area contributed by atoms with Crippen molar-refractivity contribution in [1.29, 1.82) is 0 Å². The molecule has 0 spiro atoms. The number of hydrogen-bond donors (Lipinski definition) is 12. The minimum atomic E-state index is -1.98. The van der Waals surface area contributed by atoms with E-state index in [-0.39, 0.29) is 18.9 Å². The summed E-state index contributed by atoms with van der Waals surface area (Å²) in [6.45, 7) is 1.44. The summed E-state index contributed by atoms with van der Waals surface area (Å²) in [7, 11) is 0. The molecule has 3 saturated heterocycles. The van der Waals surface area contributed by atoms with E-state index in [9.17, 15) is 61.0 Å². The average molecular weight is 1100 g/mol. The molecule has 0 aromatic rings. The molecular formula is C58H103NO18. The molecule has 77 heavy (non-hydrogen) atoms. The van der Waals surface area contributed by atoms with Gasteiger partial charge in [0.1, 0.15) is 73.2 Å². The van der Waals surface area contributed by atoms with Crippen LogP contribution >= 0.6 is 0 Å². The molecule has 0 aromatic carbocycles. The van der Waals surface area contributed by atoms with Crippen LogP contribution in [0.1, 0.15) is 181 Å². The Labute approximate surface area is 459 Å². The normalized spacial score (nSPS) is 31.1. The van der Waals surface area contributed by atoms with E-state index in [2.05, 4.69) is 42.6 Å². The van der Waals surface area contributed by atoms with Gasteiger partial charge in [-0.3, -0.25) is 4.79 Å². The number of allylic oxidation sites excluding steroid dienone is 7. The molecule has 0 saturated carbocycles. The number of rotatable bonds is 42. The number of amides is 1. The smallest absolute Gasteiger partial charge is 0.220 e. The molecule has 3 rings (SSSR count). The predicted octanol–water partition coefficient (Wildman–Crippen LogP) is 4.70. The van der Waals surface area contributed by atoms with Crippen molar-refractivity contribution in [3.8, 4) is 0 Å². The van der Waals surface area contributed by atoms with Crippen molar-refractivity contribution < 1.29 is 89.4 Å². The van der Waals surface area contributed by atoms with Gasteiger partial charge >= 0.3 is 0 Å². The number of ether oxygens (including phenoxy) is 6. The van der Waals surface area contributed by atoms with Gasteiger partial charge in [0.2, 0.25) is 5.91 Å². The standard InChI is InChI=1S/C58H103NO18/c1-3-5-7-9-11-13-14-15-16-17-18-19-20-21-22-23-24-25-26-28-30-32-34-36-46(64)59-41(42(63)35-33-31-29-27-12-10-8-6-4-2)40-72-56-52(70)49(67)54(44(38-61)74-56)77-58-53(71)50(68)55(45(39-62)75-58)76-57-51(69)48(66)47(65)43(37-60)73-57/h4,6,12,17-18,27,33,35,41-45,47-58,60-63,65-71H,3,5,7-11,13-16,19-26,28-32,34,36-40H2,1-2H3,(H,59,64)/b6-4+,18-17-,27-12+,35-33+. The van der Waals surface area contributed by atoms with Gasteiger partial charge in [-0.05, 0) is 64.7 Å². The van der Waals surface area contributed by atoms with Crippen LogP contribution in [0.2, 0.25) is 0 Å². The predicted molar refractivity (Wildman–Crippen MR) is 291 cm³/mol. The summed E-state index contributed by atoms with van der Waals surface area (Å²) < 4.78 is 34.1. The number of nitrogens with one attached hydrogen (secondary N) is 1. The quantitative estimate of drug-likeness (QED) is 0.0291. The second-order valence-electron chi connectivity index (χ2n) is 21.1. The summed E-state index contributed by atoms with van der Waals surface area (Å²) in [5.41, 5.74) is 0. The van der Waals surface area contributed by atoms with Crippen molar-refractivity contribution in [2.45, 2.75) is 285 Å². The summed E-state index contributed by atoms with van der Waals surface area (Å²) in [6.07, 6.45) is 18.6. The highest BCUT2D eigenvalue weighted by atomic mass is 16.8. The molecule has 12 N–H and O–H groups in total. The third-order valence-electron chi connectivity index (χ3n) is 14.7. The lowest BCUT2D eigenvalue weighted by atomic mass is 9.96. The van der Waals surface area contributed by atoms with E-state index in [1.807, 2.05) is 13.0 Å². The zero-order valence-electron chi connectivity index (χ0n) is 46.4. The molecule has 0 aliphatic carbocycles. The van der Waals surface area contributed by atoms with Crippen molar-refractivity contribution in [1.82, 2.24) is 5.32 Å². The van der Waals surface area contributed by atoms with E-state index < -0.39 is 124 Å². The fourth-order valence-electron chi connectivity index (χ4n) is 9.81. The van der Waals surface area contributed by atoms with E-state index >= 15 is 0 Å². The van der Waals surface area contributed by atoms with Gasteiger partial charge in [0.15, 0.2) is 18.9 Å². The summed E-state index contributed by atoms with van der Waals surface area (Å²) in [5.74, 6) is -0.295. The number of aliphatic hydroxyl groups is 11. The summed E-state index contributed by atoms with van der Waals surface area (Å²) in [6, 6.07) is -0.994. The Bertz CT molecular complexity index is 1600. The zero-order chi connectivity index (χ0) is 56.2. The molecule has 17 unspecified atom stereocenters. The maximum atomic E-state index is 13.3. The maximum Gasteiger partial charge on any atom is 0.220 e. The minimum Gasteiger partial charge on any atom is -0.394 e. The van der Waals surface area contributed by atoms with Crippen molar-refractivity contribution in [3.63, 3.8) is 0 Å². The first-order valence-electron chi connectivity index (χ1n) is 29.4. The fraction of sp³-hybridized carbons (Fsp3) is 0.845. The molecule has 0 aromatic heterocycles. The first kappa shape index (κ1) is 69.0. The largest absolute Gasteiger partial charge is 0.394 e. The summed E-state index contributed by atoms with van der Waals surface area (Å²) >= 11 is 0. The molecule has 1 amide bonds. The Morgan fingerprint density at radius 1 is 0.481 bits per heavy atom. The van der Waals surface area contributed by atoms with E-state index in [1.54, 1.807) is 12.2 Å². The van der Waals surface area contributed by atoms with Crippen molar-refractivity contribution in [2.75, 3.05) is 26.4 Å². The van der Waals surface area contributed by atoms with Crippen LogP contribution in [0.3, 0.4) is 0 Å². The molecule has 0 radical (unpaired) electrons. The number of aliphatic hydroxyl groups excluding tert-OH is 11. The second-order valence-corrected chi connectivity index (χ2v) is 21.1. The van der Waals surface area contributed by atoms with Gasteiger partial charge in [-0.15, -0.1) is 0 Å². The summed E-state index contributed by atoms with van der Waals surface area (Å²) in [5, 5.41) is 120. The number of hydrogen-bond acceptors (Lipinski definition) is 18. The van der Waals surface area contributed by atoms with Gasteiger partial charge in [-0.1, -0.05) is 158 Å². The molecule has 19 heteroatoms. The van der Waals surface area contributed by atoms with Crippen LogP contribution in [0.25, 0.3) is 0 Å². The molecular weight excluding hydrogens is 999 g/mol. The fourth-order valence-corrected chi connectivity index (χ4v) is 9.81. The van der Waals surface area contributed by atoms with Gasteiger partial charge in [-0.2, -0.15) is 0 Å². The SMILES string of the molecule is C/C=C/CC/C=C/CC/C=C/C(O)C(COC1OC(CO)C(OC2OC(CO)C(OC3OC(CO)C(O)C(O)C3O)C(O)C2O)C(O)C1O)NC(=O)CCCCCCCCCCCCC/C=C\CCCCCCCCCC. The number of unbranched alkanes of at least 4 members (excludes halogenated alkanes) is 21. The Kier molecular flexibility index (Phi) is 37.4. The molecule has 3 fully saturated rings. The van der Waals surface area contributed by atoms with Gasteiger partial charge in [0.05, 0.1) is 38.6 Å². The molecule has 448 valence electrons. The van der Waals surface area contributed by atoms with Gasteiger partial charge in [0, 0.05) is 6.42 Å². The molecule has 0 bridgehead atoms. The lowest BCUT2D eigenvalue weighted by Crippen LogP contribution is -2.66. The summed E-state index contributed by atoms with van der Waals surface area (Å²) in [4.78, 5) is 13.3. The van der Waals surface area contributed by atoms with Gasteiger partial charge in [0.25, 0.3) is 0 Å². The lowest BCUT2D eigenvalue weighted by Gasteiger charge is -2.48. The molecule has 17 atom stereocenters. The third-order valence-corrected chi connectivity index (χ3v) is 14.7. The topological polar surface area (TPSA) is 307 Å². The van der Waals surface area contributed by atoms with Crippen LogP contribution in [0.4, 0.5) is 0 Å². The van der Waals surface area contributed by atoms with E-state index in [0.717, 1.165) is 38.5 Å². The highest BCUT2D eigenvalue weighted by Gasteiger charge is 2.53. The lowest BCUT2D eigenvalue weighted by molar-refractivity contribution is -0.379. The van der Waals surface area contributed by atoms with Crippen LogP contribution in [0.15, 0.2) is 48.6 Å². The van der Waals surface area contributed by atoms with E-state index in [1.165, 1.54) is 109 Å². The van der Waals surface area contributed by atoms with Crippen LogP contribution in [0, 0.1) is 0 Å². The van der Waals surface area contributed by atoms with Gasteiger partial charge < -0.3 is 89.9 Å². The Hall–Kier alpha value is -2.25. The second kappa shape index (κ2) is 41.7. The van der Waals surface area contributed by atoms with E-state index in [4.69, 9.17) is 28.4 Å². The van der Waals surface area contributed by atoms with Crippen LogP contribution < -0.4 is 5.32 Å². The molecule has 19 nitrogen and oxygen atoms in total. The Morgan fingerprint density at radius 2 is 0.883 bits per heavy atom. The monoisotopic (exact) mass is 1100 g/mol. The molecule has 3 aliphatic rings. The van der Waals surface area contributed by atoms with Crippen LogP contribution in [0.5, 0.6) is 0 Å². The van der Waals surface area contributed by atoms with E-state index in [0.29, 0.717) is 12.8 Å². The number of carbonyl (C=O) groups is 1. The number of carbonyl (C=O) groups excluding carboxylic acids is 1. The zero-order valence-corrected chi connectivity index (χ0v) is 46.4. The average Bonchev–Trinajstić information content (AvgIpc) is 3.43. The molecule has 3 aliphatic heterocycles. The minimum absolute atomic E-state index is 0.230. The molecule has 3 heterocycles. The Balaban J connectivity index is 1.45. The van der Waals surface area contributed by atoms with Gasteiger partial charge in [-0.25, -0.2) is 0 Å². The first-order chi connectivity index (χ1) is 37.3. The van der Waals surface area contributed by atoms with Crippen LogP contribution in [-0.4, -0.2) is 193 Å². The first-order valence-corrected chi connectivity index (χ1v) is 29.4. The van der Waals surface area contributed by atoms with Crippen molar-refractivity contribution in [3.05, 3.63) is 48.6 Å².